The van der Waals surface area contributed by atoms with Gasteiger partial charge in [-0.15, -0.1) is 0 Å². The quantitative estimate of drug-likeness (QED) is 0.514. The lowest BCUT2D eigenvalue weighted by molar-refractivity contribution is -0.121. The maximum absolute atomic E-state index is 12.8. The van der Waals surface area contributed by atoms with Crippen molar-refractivity contribution in [1.82, 2.24) is 20.1 Å². The van der Waals surface area contributed by atoms with Gasteiger partial charge in [0.05, 0.1) is 11.1 Å². The predicted octanol–water partition coefficient (Wildman–Crippen LogP) is 2.80. The minimum absolute atomic E-state index is 0.104. The largest absolute Gasteiger partial charge is 0.354 e. The molecule has 0 radical (unpaired) electrons. The van der Waals surface area contributed by atoms with Crippen molar-refractivity contribution in [3.63, 3.8) is 0 Å². The van der Waals surface area contributed by atoms with Crippen LogP contribution in [0, 0.1) is 0 Å². The van der Waals surface area contributed by atoms with Crippen LogP contribution < -0.4 is 10.9 Å². The van der Waals surface area contributed by atoms with Crippen molar-refractivity contribution in [2.75, 3.05) is 6.54 Å². The van der Waals surface area contributed by atoms with E-state index in [0.717, 1.165) is 23.1 Å². The first-order chi connectivity index (χ1) is 14.2. The van der Waals surface area contributed by atoms with Crippen LogP contribution in [0.5, 0.6) is 0 Å². The number of rotatable bonds is 7. The third kappa shape index (κ3) is 4.57. The Bertz CT molecular complexity index is 1170. The smallest absolute Gasteiger partial charge is 0.275 e. The van der Waals surface area contributed by atoms with E-state index in [1.165, 1.54) is 10.2 Å². The minimum Gasteiger partial charge on any atom is -0.354 e. The molecule has 29 heavy (non-hydrogen) atoms. The van der Waals surface area contributed by atoms with Crippen molar-refractivity contribution in [3.8, 4) is 0 Å². The summed E-state index contributed by atoms with van der Waals surface area (Å²) in [6.45, 7) is 0.424. The van der Waals surface area contributed by atoms with Gasteiger partial charge in [-0.2, -0.15) is 16.4 Å². The molecule has 0 aliphatic carbocycles. The number of hydrogen-bond acceptors (Lipinski definition) is 5. The summed E-state index contributed by atoms with van der Waals surface area (Å²) in [5.41, 5.74) is 2.67. The number of aromatic nitrogens is 3. The molecule has 6 nitrogen and oxygen atoms in total. The second-order valence-corrected chi connectivity index (χ2v) is 7.50. The fourth-order valence-electron chi connectivity index (χ4n) is 3.21. The van der Waals surface area contributed by atoms with Gasteiger partial charge in [0.1, 0.15) is 6.54 Å². The van der Waals surface area contributed by atoms with E-state index in [0.29, 0.717) is 18.4 Å². The SMILES string of the molecule is O=C(Cn1nc(Cc2cccnc2)c2ccccc2c1=O)NCCc1ccsc1. The normalized spacial score (nSPS) is 10.9. The fourth-order valence-corrected chi connectivity index (χ4v) is 3.92. The molecule has 1 aromatic carbocycles. The first-order valence-corrected chi connectivity index (χ1v) is 10.3. The zero-order valence-corrected chi connectivity index (χ0v) is 16.6. The Morgan fingerprint density at radius 1 is 1.07 bits per heavy atom. The summed E-state index contributed by atoms with van der Waals surface area (Å²) >= 11 is 1.63. The molecule has 0 aliphatic heterocycles. The van der Waals surface area contributed by atoms with Gasteiger partial charge in [0.15, 0.2) is 0 Å². The zero-order valence-electron chi connectivity index (χ0n) is 15.7. The molecule has 1 N–H and O–H groups in total. The number of hydrogen-bond donors (Lipinski definition) is 1. The maximum Gasteiger partial charge on any atom is 0.275 e. The Kier molecular flexibility index (Phi) is 5.76. The van der Waals surface area contributed by atoms with Crippen molar-refractivity contribution < 1.29 is 4.79 Å². The van der Waals surface area contributed by atoms with Gasteiger partial charge in [-0.3, -0.25) is 14.6 Å². The molecule has 0 aliphatic rings. The summed E-state index contributed by atoms with van der Waals surface area (Å²) in [7, 11) is 0. The Labute approximate surface area is 171 Å². The van der Waals surface area contributed by atoms with E-state index in [1.807, 2.05) is 41.8 Å². The standard InChI is InChI=1S/C22H20N4O2S/c27-21(24-10-7-16-8-11-29-15-16)14-26-22(28)19-6-2-1-5-18(19)20(25-26)12-17-4-3-9-23-13-17/h1-6,8-9,11,13,15H,7,10,12,14H2,(H,24,27). The molecule has 146 valence electrons. The summed E-state index contributed by atoms with van der Waals surface area (Å²) in [5, 5.41) is 12.8. The van der Waals surface area contributed by atoms with Gasteiger partial charge in [0.25, 0.3) is 5.56 Å². The molecular formula is C22H20N4O2S. The molecule has 7 heteroatoms. The molecule has 1 amide bonds. The number of benzene rings is 1. The Balaban J connectivity index is 1.56. The van der Waals surface area contributed by atoms with E-state index in [4.69, 9.17) is 0 Å². The fraction of sp³-hybridized carbons (Fsp3) is 0.182. The Morgan fingerprint density at radius 3 is 2.69 bits per heavy atom. The number of fused-ring (bicyclic) bond motifs is 1. The van der Waals surface area contributed by atoms with E-state index >= 15 is 0 Å². The second-order valence-electron chi connectivity index (χ2n) is 6.72. The highest BCUT2D eigenvalue weighted by Gasteiger charge is 2.13. The third-order valence-electron chi connectivity index (χ3n) is 4.65. The van der Waals surface area contributed by atoms with Crippen LogP contribution in [0.3, 0.4) is 0 Å². The van der Waals surface area contributed by atoms with Crippen LogP contribution in [-0.4, -0.2) is 27.2 Å². The van der Waals surface area contributed by atoms with Gasteiger partial charge < -0.3 is 5.32 Å². The van der Waals surface area contributed by atoms with Crippen molar-refractivity contribution in [1.29, 1.82) is 0 Å². The van der Waals surface area contributed by atoms with Gasteiger partial charge in [-0.25, -0.2) is 4.68 Å². The zero-order chi connectivity index (χ0) is 20.1. The molecule has 0 unspecified atom stereocenters. The first-order valence-electron chi connectivity index (χ1n) is 9.36. The molecule has 4 rings (SSSR count). The van der Waals surface area contributed by atoms with E-state index in [9.17, 15) is 9.59 Å². The van der Waals surface area contributed by atoms with Crippen LogP contribution in [0.25, 0.3) is 10.8 Å². The van der Waals surface area contributed by atoms with Crippen molar-refractivity contribution in [3.05, 3.63) is 92.8 Å². The molecule has 0 atom stereocenters. The lowest BCUT2D eigenvalue weighted by Gasteiger charge is -2.11. The van der Waals surface area contributed by atoms with Crippen molar-refractivity contribution in [2.45, 2.75) is 19.4 Å². The number of carbonyl (C=O) groups excluding carboxylic acids is 1. The number of thiophene rings is 1. The number of pyridine rings is 1. The summed E-state index contributed by atoms with van der Waals surface area (Å²) < 4.78 is 1.26. The number of carbonyl (C=O) groups is 1. The predicted molar refractivity (Wildman–Crippen MR) is 114 cm³/mol. The highest BCUT2D eigenvalue weighted by Crippen LogP contribution is 2.16. The van der Waals surface area contributed by atoms with Crippen LogP contribution >= 0.6 is 11.3 Å². The number of amides is 1. The molecule has 0 fully saturated rings. The maximum atomic E-state index is 12.8. The molecule has 0 saturated heterocycles. The van der Waals surface area contributed by atoms with Gasteiger partial charge in [0, 0.05) is 30.7 Å². The number of nitrogens with one attached hydrogen (secondary N) is 1. The molecular weight excluding hydrogens is 384 g/mol. The molecule has 3 heterocycles. The van der Waals surface area contributed by atoms with Crippen molar-refractivity contribution in [2.24, 2.45) is 0 Å². The minimum atomic E-state index is -0.261. The Hall–Kier alpha value is -3.32. The average Bonchev–Trinajstić information content (AvgIpc) is 3.26. The van der Waals surface area contributed by atoms with E-state index < -0.39 is 0 Å². The third-order valence-corrected chi connectivity index (χ3v) is 5.38. The van der Waals surface area contributed by atoms with Gasteiger partial charge in [-0.1, -0.05) is 24.3 Å². The Morgan fingerprint density at radius 2 is 1.93 bits per heavy atom. The van der Waals surface area contributed by atoms with Crippen LogP contribution in [0.15, 0.2) is 70.4 Å². The second kappa shape index (κ2) is 8.79. The number of nitrogens with zero attached hydrogens (tertiary/aromatic N) is 3. The summed E-state index contributed by atoms with van der Waals surface area (Å²) in [4.78, 5) is 29.4. The highest BCUT2D eigenvalue weighted by atomic mass is 32.1. The van der Waals surface area contributed by atoms with Crippen LogP contribution in [0.2, 0.25) is 0 Å². The topological polar surface area (TPSA) is 76.9 Å². The van der Waals surface area contributed by atoms with Crippen LogP contribution in [-0.2, 0) is 24.2 Å². The molecule has 4 aromatic rings. The monoisotopic (exact) mass is 404 g/mol. The highest BCUT2D eigenvalue weighted by molar-refractivity contribution is 7.07. The molecule has 3 aromatic heterocycles. The van der Waals surface area contributed by atoms with Gasteiger partial charge >= 0.3 is 0 Å². The van der Waals surface area contributed by atoms with Gasteiger partial charge in [0.2, 0.25) is 5.91 Å². The van der Waals surface area contributed by atoms with Gasteiger partial charge in [-0.05, 0) is 46.5 Å². The van der Waals surface area contributed by atoms with Crippen LogP contribution in [0.4, 0.5) is 0 Å². The molecule has 0 saturated carbocycles. The lowest BCUT2D eigenvalue weighted by atomic mass is 10.1. The van der Waals surface area contributed by atoms with E-state index in [2.05, 4.69) is 20.8 Å². The average molecular weight is 404 g/mol. The van der Waals surface area contributed by atoms with E-state index in [-0.39, 0.29) is 18.0 Å². The summed E-state index contributed by atoms with van der Waals surface area (Å²) in [6, 6.07) is 13.2. The first kappa shape index (κ1) is 19.0. The molecule has 0 spiro atoms. The van der Waals surface area contributed by atoms with Crippen LogP contribution in [0.1, 0.15) is 16.8 Å². The van der Waals surface area contributed by atoms with E-state index in [1.54, 1.807) is 29.8 Å². The van der Waals surface area contributed by atoms with Crippen molar-refractivity contribution >= 4 is 28.0 Å². The molecule has 0 bridgehead atoms. The summed E-state index contributed by atoms with van der Waals surface area (Å²) in [6.07, 6.45) is 4.80. The summed E-state index contributed by atoms with van der Waals surface area (Å²) in [5.74, 6) is -0.225. The lowest BCUT2D eigenvalue weighted by Crippen LogP contribution is -2.35.